The molecule has 0 fully saturated rings. The molecule has 108 valence electrons. The van der Waals surface area contributed by atoms with E-state index in [4.69, 9.17) is 9.84 Å². The summed E-state index contributed by atoms with van der Waals surface area (Å²) < 4.78 is 5.13. The van der Waals surface area contributed by atoms with Gasteiger partial charge in [-0.25, -0.2) is 0 Å². The van der Waals surface area contributed by atoms with Crippen molar-refractivity contribution in [2.45, 2.75) is 57.9 Å². The Morgan fingerprint density at radius 1 is 1.44 bits per heavy atom. The van der Waals surface area contributed by atoms with Crippen LogP contribution in [-0.4, -0.2) is 46.9 Å². The molecule has 0 heterocycles. The second-order valence-corrected chi connectivity index (χ2v) is 6.51. The minimum Gasteiger partial charge on any atom is -0.465 e. The fourth-order valence-electron chi connectivity index (χ4n) is 1.68. The molecule has 0 aliphatic carbocycles. The highest BCUT2D eigenvalue weighted by atomic mass is 32.2. The Bertz CT molecular complexity index is 248. The van der Waals surface area contributed by atoms with E-state index < -0.39 is 5.54 Å². The Kier molecular flexibility index (Phi) is 8.65. The van der Waals surface area contributed by atoms with Gasteiger partial charge in [0.1, 0.15) is 5.54 Å². The zero-order chi connectivity index (χ0) is 14.2. The summed E-state index contributed by atoms with van der Waals surface area (Å²) in [6.45, 7) is 10.3. The number of ether oxygens (including phenoxy) is 1. The van der Waals surface area contributed by atoms with Gasteiger partial charge in [0.05, 0.1) is 13.2 Å². The summed E-state index contributed by atoms with van der Waals surface area (Å²) in [4.78, 5) is 12.0. The van der Waals surface area contributed by atoms with E-state index in [9.17, 15) is 4.79 Å². The van der Waals surface area contributed by atoms with Crippen molar-refractivity contribution in [3.8, 4) is 0 Å². The van der Waals surface area contributed by atoms with Crippen LogP contribution in [0.3, 0.4) is 0 Å². The molecular formula is C13H27NO3S. The maximum absolute atomic E-state index is 12.0. The van der Waals surface area contributed by atoms with Gasteiger partial charge < -0.3 is 9.84 Å². The normalized spacial score (nSPS) is 16.4. The summed E-state index contributed by atoms with van der Waals surface area (Å²) in [5.41, 5.74) is -0.646. The fraction of sp³-hybridized carbons (Fsp3) is 0.923. The van der Waals surface area contributed by atoms with Crippen molar-refractivity contribution in [1.29, 1.82) is 0 Å². The van der Waals surface area contributed by atoms with Gasteiger partial charge in [-0.15, -0.1) is 0 Å². The Morgan fingerprint density at radius 3 is 2.50 bits per heavy atom. The standard InChI is InChI=1S/C13H27NO3S/c1-6-17-12(16)13(5,14-10(2)3)7-8-18-11(4)9-15/h10-11,14-15H,6-9H2,1-5H3. The third kappa shape index (κ3) is 6.61. The van der Waals surface area contributed by atoms with Gasteiger partial charge in [0, 0.05) is 11.3 Å². The van der Waals surface area contributed by atoms with Gasteiger partial charge in [-0.2, -0.15) is 11.8 Å². The molecule has 0 saturated carbocycles. The Labute approximate surface area is 115 Å². The van der Waals surface area contributed by atoms with Crippen LogP contribution in [0.4, 0.5) is 0 Å². The molecule has 2 atom stereocenters. The van der Waals surface area contributed by atoms with Crippen molar-refractivity contribution in [2.24, 2.45) is 0 Å². The second kappa shape index (κ2) is 8.77. The lowest BCUT2D eigenvalue weighted by molar-refractivity contribution is -0.150. The maximum Gasteiger partial charge on any atom is 0.326 e. The first-order valence-corrected chi connectivity index (χ1v) is 7.58. The van der Waals surface area contributed by atoms with Gasteiger partial charge in [0.25, 0.3) is 0 Å². The predicted octanol–water partition coefficient (Wildman–Crippen LogP) is 1.81. The maximum atomic E-state index is 12.0. The van der Waals surface area contributed by atoms with Crippen LogP contribution in [-0.2, 0) is 9.53 Å². The van der Waals surface area contributed by atoms with Crippen LogP contribution < -0.4 is 5.32 Å². The molecule has 0 rings (SSSR count). The van der Waals surface area contributed by atoms with Crippen LogP contribution >= 0.6 is 11.8 Å². The highest BCUT2D eigenvalue weighted by Gasteiger charge is 2.34. The predicted molar refractivity (Wildman–Crippen MR) is 76.9 cm³/mol. The first kappa shape index (κ1) is 17.7. The van der Waals surface area contributed by atoms with E-state index >= 15 is 0 Å². The minimum absolute atomic E-state index is 0.165. The summed E-state index contributed by atoms with van der Waals surface area (Å²) in [7, 11) is 0. The third-order valence-electron chi connectivity index (χ3n) is 2.59. The van der Waals surface area contributed by atoms with Crippen LogP contribution in [0.25, 0.3) is 0 Å². The number of nitrogens with one attached hydrogen (secondary N) is 1. The molecule has 18 heavy (non-hydrogen) atoms. The second-order valence-electron chi connectivity index (χ2n) is 4.97. The van der Waals surface area contributed by atoms with Gasteiger partial charge in [-0.3, -0.25) is 10.1 Å². The molecule has 0 bridgehead atoms. The highest BCUT2D eigenvalue weighted by Crippen LogP contribution is 2.19. The molecule has 0 radical (unpaired) electrons. The van der Waals surface area contributed by atoms with Crippen LogP contribution in [0.1, 0.15) is 41.0 Å². The Morgan fingerprint density at radius 2 is 2.06 bits per heavy atom. The molecule has 5 heteroatoms. The number of hydrogen-bond acceptors (Lipinski definition) is 5. The molecule has 0 saturated heterocycles. The quantitative estimate of drug-likeness (QED) is 0.630. The Balaban J connectivity index is 4.42. The summed E-state index contributed by atoms with van der Waals surface area (Å²) in [6.07, 6.45) is 0.693. The molecule has 0 spiro atoms. The number of carbonyl (C=O) groups is 1. The van der Waals surface area contributed by atoms with E-state index in [-0.39, 0.29) is 23.9 Å². The molecular weight excluding hydrogens is 250 g/mol. The number of aliphatic hydroxyl groups is 1. The van der Waals surface area contributed by atoms with Crippen molar-refractivity contribution in [3.63, 3.8) is 0 Å². The summed E-state index contributed by atoms with van der Waals surface area (Å²) >= 11 is 1.67. The van der Waals surface area contributed by atoms with E-state index in [0.717, 1.165) is 5.75 Å². The highest BCUT2D eigenvalue weighted by molar-refractivity contribution is 7.99. The van der Waals surface area contributed by atoms with E-state index in [1.807, 2.05) is 34.6 Å². The van der Waals surface area contributed by atoms with Crippen molar-refractivity contribution in [2.75, 3.05) is 19.0 Å². The first-order chi connectivity index (χ1) is 8.35. The van der Waals surface area contributed by atoms with Crippen LogP contribution in [0.15, 0.2) is 0 Å². The first-order valence-electron chi connectivity index (χ1n) is 6.53. The van der Waals surface area contributed by atoms with Crippen LogP contribution in [0.2, 0.25) is 0 Å². The largest absolute Gasteiger partial charge is 0.465 e. The smallest absolute Gasteiger partial charge is 0.326 e. The van der Waals surface area contributed by atoms with E-state index in [1.165, 1.54) is 0 Å². The van der Waals surface area contributed by atoms with Gasteiger partial charge >= 0.3 is 5.97 Å². The topological polar surface area (TPSA) is 58.6 Å². The fourth-order valence-corrected chi connectivity index (χ4v) is 2.71. The van der Waals surface area contributed by atoms with Crippen molar-refractivity contribution in [1.82, 2.24) is 5.32 Å². The van der Waals surface area contributed by atoms with Gasteiger partial charge in [0.15, 0.2) is 0 Å². The van der Waals surface area contributed by atoms with Gasteiger partial charge in [-0.1, -0.05) is 6.92 Å². The molecule has 0 aliphatic heterocycles. The van der Waals surface area contributed by atoms with Crippen molar-refractivity contribution in [3.05, 3.63) is 0 Å². The average molecular weight is 277 g/mol. The summed E-state index contributed by atoms with van der Waals surface area (Å²) in [6, 6.07) is 0.222. The van der Waals surface area contributed by atoms with Gasteiger partial charge in [0.2, 0.25) is 0 Å². The zero-order valence-electron chi connectivity index (χ0n) is 12.2. The van der Waals surface area contributed by atoms with Gasteiger partial charge in [-0.05, 0) is 39.9 Å². The number of rotatable bonds is 9. The number of carbonyl (C=O) groups excluding carboxylic acids is 1. The molecule has 2 unspecified atom stereocenters. The van der Waals surface area contributed by atoms with E-state index in [2.05, 4.69) is 5.32 Å². The molecule has 0 aromatic rings. The lowest BCUT2D eigenvalue weighted by Gasteiger charge is -2.30. The molecule has 2 N–H and O–H groups in total. The number of esters is 1. The molecule has 0 amide bonds. The van der Waals surface area contributed by atoms with E-state index in [0.29, 0.717) is 13.0 Å². The number of thioether (sulfide) groups is 1. The summed E-state index contributed by atoms with van der Waals surface area (Å²) in [5, 5.41) is 12.5. The number of aliphatic hydroxyl groups excluding tert-OH is 1. The lowest BCUT2D eigenvalue weighted by atomic mass is 9.98. The SMILES string of the molecule is CCOC(=O)C(C)(CCSC(C)CO)NC(C)C. The minimum atomic E-state index is -0.646. The Hall–Kier alpha value is -0.260. The van der Waals surface area contributed by atoms with Crippen molar-refractivity contribution >= 4 is 17.7 Å². The lowest BCUT2D eigenvalue weighted by Crippen LogP contribution is -2.53. The van der Waals surface area contributed by atoms with Crippen molar-refractivity contribution < 1.29 is 14.6 Å². The summed E-state index contributed by atoms with van der Waals surface area (Å²) in [5.74, 6) is 0.618. The third-order valence-corrected chi connectivity index (χ3v) is 3.75. The zero-order valence-corrected chi connectivity index (χ0v) is 13.0. The number of hydrogen-bond donors (Lipinski definition) is 2. The average Bonchev–Trinajstić information content (AvgIpc) is 2.28. The monoisotopic (exact) mass is 277 g/mol. The van der Waals surface area contributed by atoms with Crippen LogP contribution in [0, 0.1) is 0 Å². The molecule has 4 nitrogen and oxygen atoms in total. The van der Waals surface area contributed by atoms with E-state index in [1.54, 1.807) is 11.8 Å². The molecule has 0 aromatic heterocycles. The van der Waals surface area contributed by atoms with Crippen LogP contribution in [0.5, 0.6) is 0 Å². The molecule has 0 aliphatic rings. The molecule has 0 aromatic carbocycles.